The summed E-state index contributed by atoms with van der Waals surface area (Å²) in [6.07, 6.45) is 3.75. The average molecular weight is 537 g/mol. The molecule has 1 aliphatic rings. The van der Waals surface area contributed by atoms with Crippen LogP contribution in [0.4, 0.5) is 10.8 Å². The number of benzene rings is 1. The van der Waals surface area contributed by atoms with Crippen LogP contribution in [0.2, 0.25) is 5.15 Å². The van der Waals surface area contributed by atoms with Crippen molar-refractivity contribution in [3.8, 4) is 22.6 Å². The Kier molecular flexibility index (Phi) is 6.72. The molecule has 0 saturated carbocycles. The highest BCUT2D eigenvalue weighted by Crippen LogP contribution is 2.34. The molecule has 188 valence electrons. The number of pyridine rings is 2. The third-order valence-electron chi connectivity index (χ3n) is 5.82. The predicted molar refractivity (Wildman–Crippen MR) is 140 cm³/mol. The van der Waals surface area contributed by atoms with Crippen LogP contribution in [-0.4, -0.2) is 52.7 Å². The molecule has 0 bridgehead atoms. The number of amides is 2. The number of nitrogens with zero attached hydrogens (tertiary/aromatic N) is 5. The van der Waals surface area contributed by atoms with Crippen molar-refractivity contribution in [3.63, 3.8) is 0 Å². The monoisotopic (exact) mass is 536 g/mol. The van der Waals surface area contributed by atoms with E-state index in [9.17, 15) is 9.59 Å². The molecule has 2 amide bonds. The Hall–Kier alpha value is -4.09. The molecule has 0 aliphatic carbocycles. The van der Waals surface area contributed by atoms with Gasteiger partial charge < -0.3 is 14.4 Å². The van der Waals surface area contributed by atoms with Gasteiger partial charge in [-0.3, -0.25) is 19.9 Å². The highest BCUT2D eigenvalue weighted by Gasteiger charge is 2.23. The molecule has 0 radical (unpaired) electrons. The van der Waals surface area contributed by atoms with Gasteiger partial charge in [0.1, 0.15) is 16.7 Å². The first-order valence-corrected chi connectivity index (χ1v) is 12.4. The summed E-state index contributed by atoms with van der Waals surface area (Å²) in [5.74, 6) is 0.474. The largest absolute Gasteiger partial charge is 0.494 e. The van der Waals surface area contributed by atoms with E-state index < -0.39 is 5.91 Å². The van der Waals surface area contributed by atoms with E-state index in [4.69, 9.17) is 21.1 Å². The summed E-state index contributed by atoms with van der Waals surface area (Å²) in [6.45, 7) is 2.45. The zero-order valence-electron chi connectivity index (χ0n) is 20.1. The van der Waals surface area contributed by atoms with E-state index in [0.29, 0.717) is 29.2 Å². The summed E-state index contributed by atoms with van der Waals surface area (Å²) in [5.41, 5.74) is 3.89. The topological polar surface area (TPSA) is 119 Å². The fourth-order valence-electron chi connectivity index (χ4n) is 3.92. The quantitative estimate of drug-likeness (QED) is 0.359. The minimum absolute atomic E-state index is 0.138. The average Bonchev–Trinajstić information content (AvgIpc) is 3.56. The van der Waals surface area contributed by atoms with E-state index in [-0.39, 0.29) is 26.8 Å². The number of carbonyl (C=O) groups excluding carboxylic acids is 2. The van der Waals surface area contributed by atoms with Gasteiger partial charge in [0.05, 0.1) is 25.5 Å². The zero-order chi connectivity index (χ0) is 26.1. The summed E-state index contributed by atoms with van der Waals surface area (Å²) in [4.78, 5) is 36.1. The standard InChI is InChI=1S/C25H21ClN6O4S/c1-13-8-16(17-10-21(26)28-12-20(17)35-3)18(11-27-13)22(33)29-25-31-30-23(37-25)24(34)32(2)15-4-5-19-14(9-15)6-7-36-19/h4-5,8-12H,6-7H2,1-3H3,(H,29,31,33). The Morgan fingerprint density at radius 2 is 1.97 bits per heavy atom. The Morgan fingerprint density at radius 1 is 1.14 bits per heavy atom. The van der Waals surface area contributed by atoms with Gasteiger partial charge >= 0.3 is 0 Å². The minimum Gasteiger partial charge on any atom is -0.494 e. The molecule has 10 nitrogen and oxygen atoms in total. The number of carbonyl (C=O) groups is 2. The van der Waals surface area contributed by atoms with Crippen LogP contribution < -0.4 is 19.7 Å². The number of aromatic nitrogens is 4. The first-order chi connectivity index (χ1) is 17.8. The highest BCUT2D eigenvalue weighted by atomic mass is 35.5. The van der Waals surface area contributed by atoms with Crippen molar-refractivity contribution in [2.45, 2.75) is 13.3 Å². The van der Waals surface area contributed by atoms with E-state index in [2.05, 4.69) is 25.5 Å². The van der Waals surface area contributed by atoms with E-state index in [1.165, 1.54) is 24.4 Å². The van der Waals surface area contributed by atoms with Gasteiger partial charge in [0.15, 0.2) is 0 Å². The molecule has 37 heavy (non-hydrogen) atoms. The molecule has 4 heterocycles. The third kappa shape index (κ3) is 4.95. The Labute approximate surface area is 221 Å². The summed E-state index contributed by atoms with van der Waals surface area (Å²) in [6, 6.07) is 8.97. The lowest BCUT2D eigenvalue weighted by Gasteiger charge is -2.16. The molecule has 0 saturated heterocycles. The van der Waals surface area contributed by atoms with Crippen molar-refractivity contribution in [1.82, 2.24) is 20.2 Å². The van der Waals surface area contributed by atoms with Gasteiger partial charge in [0.2, 0.25) is 10.1 Å². The molecule has 1 N–H and O–H groups in total. The van der Waals surface area contributed by atoms with Crippen molar-refractivity contribution in [3.05, 3.63) is 69.7 Å². The number of aryl methyl sites for hydroxylation is 1. The molecule has 3 aromatic heterocycles. The highest BCUT2D eigenvalue weighted by molar-refractivity contribution is 7.17. The Bertz CT molecular complexity index is 1530. The van der Waals surface area contributed by atoms with Gasteiger partial charge in [-0.2, -0.15) is 0 Å². The van der Waals surface area contributed by atoms with Gasteiger partial charge in [-0.25, -0.2) is 4.98 Å². The van der Waals surface area contributed by atoms with Crippen molar-refractivity contribution in [2.24, 2.45) is 0 Å². The summed E-state index contributed by atoms with van der Waals surface area (Å²) in [7, 11) is 3.17. The molecule has 0 atom stereocenters. The fourth-order valence-corrected chi connectivity index (χ4v) is 4.79. The molecule has 0 fully saturated rings. The van der Waals surface area contributed by atoms with Crippen LogP contribution in [0, 0.1) is 6.92 Å². The number of anilines is 2. The first-order valence-electron chi connectivity index (χ1n) is 11.2. The van der Waals surface area contributed by atoms with Crippen LogP contribution in [0.25, 0.3) is 11.1 Å². The second kappa shape index (κ2) is 10.1. The minimum atomic E-state index is -0.473. The second-order valence-electron chi connectivity index (χ2n) is 8.20. The molecular weight excluding hydrogens is 516 g/mol. The van der Waals surface area contributed by atoms with Crippen LogP contribution in [0.5, 0.6) is 11.5 Å². The van der Waals surface area contributed by atoms with Crippen LogP contribution in [-0.2, 0) is 6.42 Å². The maximum atomic E-state index is 13.2. The number of halogens is 1. The van der Waals surface area contributed by atoms with Crippen LogP contribution >= 0.6 is 22.9 Å². The maximum absolute atomic E-state index is 13.2. The number of methoxy groups -OCH3 is 1. The predicted octanol–water partition coefficient (Wildman–Crippen LogP) is 4.43. The number of rotatable bonds is 6. The molecular formula is C25H21ClN6O4S. The molecule has 0 spiro atoms. The number of hydrogen-bond acceptors (Lipinski definition) is 9. The van der Waals surface area contributed by atoms with Crippen LogP contribution in [0.3, 0.4) is 0 Å². The van der Waals surface area contributed by atoms with Crippen molar-refractivity contribution < 1.29 is 19.1 Å². The summed E-state index contributed by atoms with van der Waals surface area (Å²) in [5, 5.41) is 11.3. The number of ether oxygens (including phenoxy) is 2. The van der Waals surface area contributed by atoms with Gasteiger partial charge in [0, 0.05) is 42.2 Å². The summed E-state index contributed by atoms with van der Waals surface area (Å²) >= 11 is 7.09. The van der Waals surface area contributed by atoms with Crippen molar-refractivity contribution >= 4 is 45.6 Å². The van der Waals surface area contributed by atoms with E-state index in [1.807, 2.05) is 25.1 Å². The van der Waals surface area contributed by atoms with Crippen molar-refractivity contribution in [2.75, 3.05) is 31.0 Å². The second-order valence-corrected chi connectivity index (χ2v) is 9.56. The Balaban J connectivity index is 1.37. The van der Waals surface area contributed by atoms with Crippen LogP contribution in [0.15, 0.2) is 42.7 Å². The maximum Gasteiger partial charge on any atom is 0.289 e. The molecule has 4 aromatic rings. The SMILES string of the molecule is COc1cnc(Cl)cc1-c1cc(C)ncc1C(=O)Nc1nnc(C(=O)N(C)c2ccc3c(c2)CCO3)s1. The Morgan fingerprint density at radius 3 is 2.78 bits per heavy atom. The van der Waals surface area contributed by atoms with Gasteiger partial charge in [-0.05, 0) is 42.8 Å². The number of hydrogen-bond donors (Lipinski definition) is 1. The van der Waals surface area contributed by atoms with E-state index in [0.717, 1.165) is 34.8 Å². The van der Waals surface area contributed by atoms with Crippen molar-refractivity contribution in [1.29, 1.82) is 0 Å². The molecule has 0 unspecified atom stereocenters. The van der Waals surface area contributed by atoms with Gasteiger partial charge in [0.25, 0.3) is 11.8 Å². The lowest BCUT2D eigenvalue weighted by molar-refractivity contribution is 0.0990. The van der Waals surface area contributed by atoms with Gasteiger partial charge in [-0.1, -0.05) is 22.9 Å². The summed E-state index contributed by atoms with van der Waals surface area (Å²) < 4.78 is 10.9. The fraction of sp³-hybridized carbons (Fsp3) is 0.200. The van der Waals surface area contributed by atoms with Gasteiger partial charge in [-0.15, -0.1) is 10.2 Å². The lowest BCUT2D eigenvalue weighted by atomic mass is 10.0. The third-order valence-corrected chi connectivity index (χ3v) is 6.86. The van der Waals surface area contributed by atoms with E-state index >= 15 is 0 Å². The number of fused-ring (bicyclic) bond motifs is 1. The molecule has 1 aliphatic heterocycles. The lowest BCUT2D eigenvalue weighted by Crippen LogP contribution is -2.26. The first kappa shape index (κ1) is 24.6. The molecule has 12 heteroatoms. The normalized spacial score (nSPS) is 12.0. The zero-order valence-corrected chi connectivity index (χ0v) is 21.7. The smallest absolute Gasteiger partial charge is 0.289 e. The number of nitrogens with one attached hydrogen (secondary N) is 1. The molecule has 1 aromatic carbocycles. The van der Waals surface area contributed by atoms with E-state index in [1.54, 1.807) is 19.2 Å². The molecule has 5 rings (SSSR count). The van der Waals surface area contributed by atoms with Crippen LogP contribution in [0.1, 0.15) is 31.4 Å².